The molecule has 9 nitrogen and oxygen atoms in total. The van der Waals surface area contributed by atoms with Crippen LogP contribution in [-0.2, 0) is 4.79 Å². The van der Waals surface area contributed by atoms with E-state index in [9.17, 15) is 27.2 Å². The molecule has 13 heteroatoms. The minimum absolute atomic E-state index is 0.0495. The Kier molecular flexibility index (Phi) is 9.61. The lowest BCUT2D eigenvalue weighted by Gasteiger charge is -2.33. The van der Waals surface area contributed by atoms with Crippen LogP contribution in [0.4, 0.5) is 29.1 Å². The predicted octanol–water partition coefficient (Wildman–Crippen LogP) is 3.39. The third kappa shape index (κ3) is 7.63. The number of benzene rings is 1. The number of likely N-dealkylation sites (tertiary alicyclic amines) is 1. The van der Waals surface area contributed by atoms with Gasteiger partial charge in [0.25, 0.3) is 11.8 Å². The van der Waals surface area contributed by atoms with Crippen molar-refractivity contribution >= 4 is 29.3 Å². The Balaban J connectivity index is 0.000000505. The average molecular weight is 540 g/mol. The summed E-state index contributed by atoms with van der Waals surface area (Å²) in [5.41, 5.74) is 0.801. The Labute approximate surface area is 216 Å². The molecule has 2 fully saturated rings. The number of anilines is 2. The monoisotopic (exact) mass is 539 g/mol. The van der Waals surface area contributed by atoms with Crippen molar-refractivity contribution in [3.05, 3.63) is 53.5 Å². The van der Waals surface area contributed by atoms with Crippen LogP contribution in [0.2, 0.25) is 0 Å². The lowest BCUT2D eigenvalue weighted by atomic mass is 9.98. The molecule has 1 aromatic heterocycles. The SMILES string of the molecule is CC1CCN(C(=O)c2cc(NC(=O)c3ccccc3F)cnc2N2CCNCC2)CC1.O=C(O)C(F)(F)F. The number of carboxylic acids is 1. The van der Waals surface area contributed by atoms with Gasteiger partial charge >= 0.3 is 12.1 Å². The summed E-state index contributed by atoms with van der Waals surface area (Å²) in [5.74, 6) is -2.75. The van der Waals surface area contributed by atoms with Gasteiger partial charge in [0.05, 0.1) is 23.0 Å². The Hall–Kier alpha value is -3.74. The molecule has 2 aliphatic heterocycles. The number of hydrogen-bond donors (Lipinski definition) is 3. The van der Waals surface area contributed by atoms with Crippen molar-refractivity contribution in [2.75, 3.05) is 49.5 Å². The number of alkyl halides is 3. The van der Waals surface area contributed by atoms with Crippen LogP contribution in [0.15, 0.2) is 36.5 Å². The first-order chi connectivity index (χ1) is 18.0. The number of hydrogen-bond acceptors (Lipinski definition) is 6. The van der Waals surface area contributed by atoms with E-state index >= 15 is 0 Å². The molecular weight excluding hydrogens is 510 g/mol. The molecule has 2 aliphatic rings. The number of aromatic nitrogens is 1. The van der Waals surface area contributed by atoms with Gasteiger partial charge in [-0.3, -0.25) is 9.59 Å². The van der Waals surface area contributed by atoms with Gasteiger partial charge in [-0.25, -0.2) is 14.2 Å². The maximum atomic E-state index is 14.0. The van der Waals surface area contributed by atoms with Crippen LogP contribution in [-0.4, -0.2) is 78.2 Å². The van der Waals surface area contributed by atoms with E-state index in [2.05, 4.69) is 27.4 Å². The molecule has 0 aliphatic carbocycles. The highest BCUT2D eigenvalue weighted by Crippen LogP contribution is 2.26. The van der Waals surface area contributed by atoms with Crippen LogP contribution in [0.1, 0.15) is 40.5 Å². The Morgan fingerprint density at radius 1 is 1.05 bits per heavy atom. The van der Waals surface area contributed by atoms with Crippen molar-refractivity contribution in [3.63, 3.8) is 0 Å². The van der Waals surface area contributed by atoms with Gasteiger partial charge in [0.2, 0.25) is 0 Å². The van der Waals surface area contributed by atoms with Gasteiger partial charge in [-0.05, 0) is 37.0 Å². The van der Waals surface area contributed by atoms with E-state index in [4.69, 9.17) is 9.90 Å². The Bertz CT molecular complexity index is 1150. The van der Waals surface area contributed by atoms with Crippen LogP contribution < -0.4 is 15.5 Å². The third-order valence-electron chi connectivity index (χ3n) is 6.20. The van der Waals surface area contributed by atoms with Crippen molar-refractivity contribution in [1.82, 2.24) is 15.2 Å². The number of halogens is 4. The molecule has 0 saturated carbocycles. The summed E-state index contributed by atoms with van der Waals surface area (Å²) in [7, 11) is 0. The first kappa shape index (κ1) is 28.8. The second kappa shape index (κ2) is 12.7. The first-order valence-electron chi connectivity index (χ1n) is 12.1. The number of rotatable bonds is 4. The molecule has 3 N–H and O–H groups in total. The van der Waals surface area contributed by atoms with Crippen molar-refractivity contribution in [2.24, 2.45) is 5.92 Å². The molecule has 0 bridgehead atoms. The molecular formula is C25H29F4N5O4. The maximum absolute atomic E-state index is 14.0. The average Bonchev–Trinajstić information content (AvgIpc) is 2.89. The zero-order chi connectivity index (χ0) is 27.9. The van der Waals surface area contributed by atoms with Gasteiger partial charge in [0.15, 0.2) is 0 Å². The van der Waals surface area contributed by atoms with Crippen LogP contribution in [0, 0.1) is 11.7 Å². The molecule has 1 aromatic carbocycles. The molecule has 2 amide bonds. The summed E-state index contributed by atoms with van der Waals surface area (Å²) in [6.07, 6.45) is -1.59. The Morgan fingerprint density at radius 2 is 1.66 bits per heavy atom. The number of carbonyl (C=O) groups is 3. The number of carbonyl (C=O) groups excluding carboxylic acids is 2. The number of piperazine rings is 1. The van der Waals surface area contributed by atoms with Gasteiger partial charge in [0.1, 0.15) is 11.6 Å². The fraction of sp³-hybridized carbons (Fsp3) is 0.440. The third-order valence-corrected chi connectivity index (χ3v) is 6.20. The van der Waals surface area contributed by atoms with Gasteiger partial charge in [0, 0.05) is 39.3 Å². The van der Waals surface area contributed by atoms with Crippen LogP contribution in [0.3, 0.4) is 0 Å². The van der Waals surface area contributed by atoms with Crippen molar-refractivity contribution in [1.29, 1.82) is 0 Å². The molecule has 4 rings (SSSR count). The number of amides is 2. The standard InChI is InChI=1S/C23H28FN5O2.C2HF3O2/c1-16-6-10-29(11-7-16)23(31)19-14-17(15-26-21(19)28-12-8-25-9-13-28)27-22(30)18-4-2-3-5-20(18)24;3-2(4,5)1(6)7/h2-5,14-16,25H,6-13H2,1H3,(H,27,30);(H,6,7). The quantitative estimate of drug-likeness (QED) is 0.511. The fourth-order valence-electron chi connectivity index (χ4n) is 4.04. The fourth-order valence-corrected chi connectivity index (χ4v) is 4.04. The number of pyridine rings is 1. The lowest BCUT2D eigenvalue weighted by Crippen LogP contribution is -2.45. The summed E-state index contributed by atoms with van der Waals surface area (Å²) in [4.78, 5) is 43.4. The highest BCUT2D eigenvalue weighted by Gasteiger charge is 2.38. The van der Waals surface area contributed by atoms with Gasteiger partial charge in [-0.2, -0.15) is 13.2 Å². The number of piperidine rings is 1. The summed E-state index contributed by atoms with van der Waals surface area (Å²) in [6, 6.07) is 7.48. The molecule has 206 valence electrons. The first-order valence-corrected chi connectivity index (χ1v) is 12.1. The number of carboxylic acid groups (broad SMARTS) is 1. The molecule has 0 radical (unpaired) electrons. The smallest absolute Gasteiger partial charge is 0.475 e. The summed E-state index contributed by atoms with van der Waals surface area (Å²) in [6.45, 7) is 6.79. The van der Waals surface area contributed by atoms with Crippen LogP contribution >= 0.6 is 0 Å². The number of nitrogens with one attached hydrogen (secondary N) is 2. The van der Waals surface area contributed by atoms with E-state index in [0.717, 1.165) is 39.0 Å². The molecule has 0 spiro atoms. The van der Waals surface area contributed by atoms with E-state index in [1.165, 1.54) is 24.4 Å². The van der Waals surface area contributed by atoms with Gasteiger partial charge < -0.3 is 25.5 Å². The van der Waals surface area contributed by atoms with E-state index in [0.29, 0.717) is 36.1 Å². The highest BCUT2D eigenvalue weighted by atomic mass is 19.4. The second-order valence-electron chi connectivity index (χ2n) is 9.04. The van der Waals surface area contributed by atoms with E-state index < -0.39 is 23.9 Å². The number of aliphatic carboxylic acids is 1. The number of nitrogens with zero attached hydrogens (tertiary/aromatic N) is 3. The minimum Gasteiger partial charge on any atom is -0.475 e. The maximum Gasteiger partial charge on any atom is 0.490 e. The van der Waals surface area contributed by atoms with E-state index in [1.807, 2.05) is 4.90 Å². The lowest BCUT2D eigenvalue weighted by molar-refractivity contribution is -0.192. The highest BCUT2D eigenvalue weighted by molar-refractivity contribution is 6.06. The van der Waals surface area contributed by atoms with Crippen LogP contribution in [0.25, 0.3) is 0 Å². The summed E-state index contributed by atoms with van der Waals surface area (Å²) >= 11 is 0. The van der Waals surface area contributed by atoms with Crippen molar-refractivity contribution in [2.45, 2.75) is 25.9 Å². The second-order valence-corrected chi connectivity index (χ2v) is 9.04. The molecule has 2 saturated heterocycles. The van der Waals surface area contributed by atoms with E-state index in [1.54, 1.807) is 12.1 Å². The summed E-state index contributed by atoms with van der Waals surface area (Å²) in [5, 5.41) is 13.1. The van der Waals surface area contributed by atoms with Gasteiger partial charge in [-0.15, -0.1) is 0 Å². The van der Waals surface area contributed by atoms with Crippen molar-refractivity contribution in [3.8, 4) is 0 Å². The molecule has 2 aromatic rings. The zero-order valence-electron chi connectivity index (χ0n) is 20.7. The van der Waals surface area contributed by atoms with Crippen LogP contribution in [0.5, 0.6) is 0 Å². The Morgan fingerprint density at radius 3 is 2.24 bits per heavy atom. The normalized spacial score (nSPS) is 16.3. The summed E-state index contributed by atoms with van der Waals surface area (Å²) < 4.78 is 45.7. The van der Waals surface area contributed by atoms with Gasteiger partial charge in [-0.1, -0.05) is 19.1 Å². The largest absolute Gasteiger partial charge is 0.490 e. The topological polar surface area (TPSA) is 115 Å². The predicted molar refractivity (Wildman–Crippen MR) is 132 cm³/mol. The molecule has 38 heavy (non-hydrogen) atoms. The minimum atomic E-state index is -5.08. The van der Waals surface area contributed by atoms with Crippen molar-refractivity contribution < 1.29 is 37.1 Å². The molecule has 3 heterocycles. The molecule has 0 unspecified atom stereocenters. The van der Waals surface area contributed by atoms with E-state index in [-0.39, 0.29) is 11.5 Å². The molecule has 0 atom stereocenters. The zero-order valence-corrected chi connectivity index (χ0v) is 20.7.